The SMILES string of the molecule is C/C=C/CCC1OCC(c2ccc(-c3ccc(-c4ccc(CCCCCCCCCC)c(F)c4F)cc3)cc2F)CO1. The lowest BCUT2D eigenvalue weighted by atomic mass is 9.94. The number of rotatable bonds is 15. The van der Waals surface area contributed by atoms with E-state index in [1.807, 2.05) is 31.2 Å². The molecule has 42 heavy (non-hydrogen) atoms. The van der Waals surface area contributed by atoms with Crippen LogP contribution in [0.4, 0.5) is 13.2 Å². The Bertz CT molecular complexity index is 1280. The van der Waals surface area contributed by atoms with Crippen molar-refractivity contribution >= 4 is 0 Å². The molecular formula is C37H45F3O2. The van der Waals surface area contributed by atoms with Gasteiger partial charge >= 0.3 is 0 Å². The number of hydrogen-bond acceptors (Lipinski definition) is 2. The van der Waals surface area contributed by atoms with Gasteiger partial charge in [0.15, 0.2) is 17.9 Å². The van der Waals surface area contributed by atoms with Gasteiger partial charge in [-0.3, -0.25) is 0 Å². The lowest BCUT2D eigenvalue weighted by Gasteiger charge is -2.29. The summed E-state index contributed by atoms with van der Waals surface area (Å²) in [7, 11) is 0. The Hall–Kier alpha value is -2.89. The molecule has 0 radical (unpaired) electrons. The molecule has 3 aromatic rings. The van der Waals surface area contributed by atoms with E-state index in [1.165, 1.54) is 38.2 Å². The fourth-order valence-corrected chi connectivity index (χ4v) is 5.62. The van der Waals surface area contributed by atoms with Crippen LogP contribution in [-0.2, 0) is 15.9 Å². The minimum atomic E-state index is -0.809. The first-order valence-corrected chi connectivity index (χ1v) is 15.7. The monoisotopic (exact) mass is 578 g/mol. The predicted octanol–water partition coefficient (Wildman–Crippen LogP) is 10.9. The minimum absolute atomic E-state index is 0.157. The lowest BCUT2D eigenvalue weighted by Crippen LogP contribution is -2.31. The molecule has 5 heteroatoms. The molecule has 0 atom stereocenters. The largest absolute Gasteiger partial charge is 0.352 e. The van der Waals surface area contributed by atoms with Crippen LogP contribution in [0.1, 0.15) is 95.1 Å². The third kappa shape index (κ3) is 8.81. The molecule has 0 bridgehead atoms. The third-order valence-electron chi connectivity index (χ3n) is 8.20. The molecule has 1 aliphatic rings. The van der Waals surface area contributed by atoms with Crippen LogP contribution in [-0.4, -0.2) is 19.5 Å². The summed E-state index contributed by atoms with van der Waals surface area (Å²) in [6.07, 6.45) is 15.4. The van der Waals surface area contributed by atoms with Gasteiger partial charge in [-0.25, -0.2) is 13.2 Å². The van der Waals surface area contributed by atoms with Gasteiger partial charge in [0.2, 0.25) is 0 Å². The molecule has 0 saturated carbocycles. The van der Waals surface area contributed by atoms with Crippen molar-refractivity contribution in [3.63, 3.8) is 0 Å². The summed E-state index contributed by atoms with van der Waals surface area (Å²) in [6, 6.07) is 15.7. The van der Waals surface area contributed by atoms with E-state index >= 15 is 8.78 Å². The zero-order valence-electron chi connectivity index (χ0n) is 25.1. The van der Waals surface area contributed by atoms with Crippen molar-refractivity contribution in [2.75, 3.05) is 13.2 Å². The van der Waals surface area contributed by atoms with Crippen molar-refractivity contribution in [2.24, 2.45) is 0 Å². The van der Waals surface area contributed by atoms with E-state index in [0.29, 0.717) is 36.3 Å². The van der Waals surface area contributed by atoms with Crippen LogP contribution in [0, 0.1) is 17.5 Å². The van der Waals surface area contributed by atoms with E-state index in [9.17, 15) is 4.39 Å². The second-order valence-electron chi connectivity index (χ2n) is 11.4. The molecule has 2 nitrogen and oxygen atoms in total. The van der Waals surface area contributed by atoms with E-state index in [2.05, 4.69) is 13.0 Å². The Labute approximate surface area is 250 Å². The zero-order chi connectivity index (χ0) is 29.7. The smallest absolute Gasteiger partial charge is 0.166 e. The standard InChI is InChI=1S/C37H45F3O2/c1-3-5-7-8-9-10-11-13-14-29-20-23-33(37(40)36(29)39)28-18-16-27(17-19-28)30-21-22-32(34(38)24-30)31-25-41-35(42-26-31)15-12-6-4-2/h4,6,16-24,31,35H,3,5,7-15,25-26H2,1-2H3/b6-4+. The molecule has 1 heterocycles. The maximum atomic E-state index is 15.1. The quantitative estimate of drug-likeness (QED) is 0.132. The van der Waals surface area contributed by atoms with Gasteiger partial charge in [0.05, 0.1) is 13.2 Å². The van der Waals surface area contributed by atoms with Crippen LogP contribution in [0.3, 0.4) is 0 Å². The highest BCUT2D eigenvalue weighted by Crippen LogP contribution is 2.32. The fraction of sp³-hybridized carbons (Fsp3) is 0.459. The minimum Gasteiger partial charge on any atom is -0.352 e. The molecule has 0 aliphatic carbocycles. The molecule has 4 rings (SSSR count). The average Bonchev–Trinajstić information content (AvgIpc) is 3.01. The molecule has 0 amide bonds. The van der Waals surface area contributed by atoms with Gasteiger partial charge in [-0.1, -0.05) is 113 Å². The number of allylic oxidation sites excluding steroid dienone is 2. The molecule has 1 aliphatic heterocycles. The second kappa shape index (κ2) is 16.7. The molecule has 226 valence electrons. The number of ether oxygens (including phenoxy) is 2. The highest BCUT2D eigenvalue weighted by atomic mass is 19.2. The maximum Gasteiger partial charge on any atom is 0.166 e. The first-order chi connectivity index (χ1) is 20.5. The third-order valence-corrected chi connectivity index (χ3v) is 8.20. The maximum absolute atomic E-state index is 15.1. The molecular weight excluding hydrogens is 533 g/mol. The number of benzene rings is 3. The Morgan fingerprint density at radius 1 is 0.738 bits per heavy atom. The summed E-state index contributed by atoms with van der Waals surface area (Å²) < 4.78 is 56.7. The summed E-state index contributed by atoms with van der Waals surface area (Å²) in [6.45, 7) is 5.04. The first-order valence-electron chi connectivity index (χ1n) is 15.7. The fourth-order valence-electron chi connectivity index (χ4n) is 5.62. The highest BCUT2D eigenvalue weighted by molar-refractivity contribution is 5.71. The normalized spacial score (nSPS) is 17.3. The summed E-state index contributed by atoms with van der Waals surface area (Å²) in [5, 5.41) is 0. The van der Waals surface area contributed by atoms with Crippen molar-refractivity contribution in [3.05, 3.63) is 95.3 Å². The Morgan fingerprint density at radius 2 is 1.38 bits per heavy atom. The topological polar surface area (TPSA) is 18.5 Å². The van der Waals surface area contributed by atoms with Crippen LogP contribution in [0.15, 0.2) is 66.7 Å². The summed E-state index contributed by atoms with van der Waals surface area (Å²) in [5.74, 6) is -2.02. The summed E-state index contributed by atoms with van der Waals surface area (Å²) in [4.78, 5) is 0. The highest BCUT2D eigenvalue weighted by Gasteiger charge is 2.25. The van der Waals surface area contributed by atoms with Gasteiger partial charge in [0, 0.05) is 17.9 Å². The van der Waals surface area contributed by atoms with Crippen molar-refractivity contribution in [1.82, 2.24) is 0 Å². The van der Waals surface area contributed by atoms with Crippen molar-refractivity contribution in [2.45, 2.75) is 96.7 Å². The lowest BCUT2D eigenvalue weighted by molar-refractivity contribution is -0.189. The Morgan fingerprint density at radius 3 is 2.05 bits per heavy atom. The van der Waals surface area contributed by atoms with Crippen molar-refractivity contribution in [3.8, 4) is 22.3 Å². The van der Waals surface area contributed by atoms with Crippen LogP contribution in [0.25, 0.3) is 22.3 Å². The van der Waals surface area contributed by atoms with Gasteiger partial charge in [0.1, 0.15) is 5.82 Å². The van der Waals surface area contributed by atoms with E-state index < -0.39 is 11.6 Å². The molecule has 0 N–H and O–H groups in total. The first kappa shape index (κ1) is 32.0. The average molecular weight is 579 g/mol. The van der Waals surface area contributed by atoms with E-state index in [4.69, 9.17) is 9.47 Å². The molecule has 0 unspecified atom stereocenters. The molecule has 1 saturated heterocycles. The van der Waals surface area contributed by atoms with Crippen LogP contribution >= 0.6 is 0 Å². The van der Waals surface area contributed by atoms with E-state index in [1.54, 1.807) is 30.3 Å². The molecule has 0 spiro atoms. The summed E-state index contributed by atoms with van der Waals surface area (Å²) in [5.41, 5.74) is 3.36. The number of hydrogen-bond donors (Lipinski definition) is 0. The van der Waals surface area contributed by atoms with Gasteiger partial charge < -0.3 is 9.47 Å². The second-order valence-corrected chi connectivity index (χ2v) is 11.4. The van der Waals surface area contributed by atoms with Gasteiger partial charge in [-0.2, -0.15) is 0 Å². The zero-order valence-corrected chi connectivity index (χ0v) is 25.1. The number of halogens is 3. The van der Waals surface area contributed by atoms with Gasteiger partial charge in [0.25, 0.3) is 0 Å². The van der Waals surface area contributed by atoms with E-state index in [0.717, 1.165) is 43.2 Å². The summed E-state index contributed by atoms with van der Waals surface area (Å²) >= 11 is 0. The predicted molar refractivity (Wildman–Crippen MR) is 166 cm³/mol. The molecule has 0 aromatic heterocycles. The Balaban J connectivity index is 1.33. The van der Waals surface area contributed by atoms with E-state index in [-0.39, 0.29) is 23.6 Å². The van der Waals surface area contributed by atoms with Crippen LogP contribution in [0.2, 0.25) is 0 Å². The molecule has 3 aromatic carbocycles. The van der Waals surface area contributed by atoms with Crippen molar-refractivity contribution in [1.29, 1.82) is 0 Å². The van der Waals surface area contributed by atoms with Crippen molar-refractivity contribution < 1.29 is 22.6 Å². The van der Waals surface area contributed by atoms with Gasteiger partial charge in [-0.05, 0) is 60.1 Å². The van der Waals surface area contributed by atoms with Crippen LogP contribution in [0.5, 0.6) is 0 Å². The number of unbranched alkanes of at least 4 members (excludes halogenated alkanes) is 7. The number of aryl methyl sites for hydroxylation is 1. The Kier molecular flexibility index (Phi) is 12.7. The van der Waals surface area contributed by atoms with Gasteiger partial charge in [-0.15, -0.1) is 0 Å². The molecule has 1 fully saturated rings. The van der Waals surface area contributed by atoms with Crippen LogP contribution < -0.4 is 0 Å².